The SMILES string of the molecule is Nc1ccc(COc2cncc(Cl)c2)c(C(F)(F)F)c1. The molecular weight excluding hydrogens is 293 g/mol. The Labute approximate surface area is 118 Å². The average molecular weight is 303 g/mol. The summed E-state index contributed by atoms with van der Waals surface area (Å²) < 4.78 is 43.9. The van der Waals surface area contributed by atoms with Gasteiger partial charge < -0.3 is 10.5 Å². The van der Waals surface area contributed by atoms with Crippen molar-refractivity contribution in [1.82, 2.24) is 4.98 Å². The van der Waals surface area contributed by atoms with Crippen LogP contribution in [-0.4, -0.2) is 4.98 Å². The Bertz CT molecular complexity index is 617. The van der Waals surface area contributed by atoms with E-state index in [-0.39, 0.29) is 17.9 Å². The lowest BCUT2D eigenvalue weighted by Crippen LogP contribution is -2.11. The molecule has 0 saturated heterocycles. The summed E-state index contributed by atoms with van der Waals surface area (Å²) in [6.45, 7) is -0.253. The molecule has 20 heavy (non-hydrogen) atoms. The number of anilines is 1. The number of ether oxygens (including phenoxy) is 1. The Kier molecular flexibility index (Phi) is 4.04. The third kappa shape index (κ3) is 3.54. The Morgan fingerprint density at radius 1 is 1.20 bits per heavy atom. The number of benzene rings is 1. The molecule has 0 amide bonds. The number of pyridine rings is 1. The van der Waals surface area contributed by atoms with E-state index in [0.717, 1.165) is 6.07 Å². The number of nitrogens with zero attached hydrogens (tertiary/aromatic N) is 1. The van der Waals surface area contributed by atoms with Crippen LogP contribution in [0.15, 0.2) is 36.7 Å². The molecule has 0 unspecified atom stereocenters. The van der Waals surface area contributed by atoms with Crippen LogP contribution in [0, 0.1) is 0 Å². The maximum absolute atomic E-state index is 12.9. The van der Waals surface area contributed by atoms with Gasteiger partial charge in [-0.3, -0.25) is 4.98 Å². The van der Waals surface area contributed by atoms with Crippen LogP contribution in [0.2, 0.25) is 5.02 Å². The fourth-order valence-corrected chi connectivity index (χ4v) is 1.78. The number of rotatable bonds is 3. The summed E-state index contributed by atoms with van der Waals surface area (Å²) in [4.78, 5) is 3.78. The normalized spacial score (nSPS) is 11.4. The molecule has 1 aromatic heterocycles. The van der Waals surface area contributed by atoms with Crippen molar-refractivity contribution >= 4 is 17.3 Å². The summed E-state index contributed by atoms with van der Waals surface area (Å²) in [6, 6.07) is 5.04. The predicted molar refractivity (Wildman–Crippen MR) is 69.4 cm³/mol. The highest BCUT2D eigenvalue weighted by atomic mass is 35.5. The second-order valence-electron chi connectivity index (χ2n) is 4.04. The standard InChI is InChI=1S/C13H10ClF3N2O/c14-9-3-11(6-19-5-9)20-7-8-1-2-10(18)4-12(8)13(15,16)17/h1-6H,7,18H2. The van der Waals surface area contributed by atoms with E-state index in [1.54, 1.807) is 0 Å². The first-order valence-corrected chi connectivity index (χ1v) is 5.93. The summed E-state index contributed by atoms with van der Waals surface area (Å²) in [5.41, 5.74) is 4.61. The number of hydrogen-bond acceptors (Lipinski definition) is 3. The van der Waals surface area contributed by atoms with E-state index < -0.39 is 11.7 Å². The van der Waals surface area contributed by atoms with Crippen molar-refractivity contribution in [1.29, 1.82) is 0 Å². The lowest BCUT2D eigenvalue weighted by molar-refractivity contribution is -0.138. The van der Waals surface area contributed by atoms with E-state index in [0.29, 0.717) is 10.8 Å². The van der Waals surface area contributed by atoms with Gasteiger partial charge in [-0.2, -0.15) is 13.2 Å². The molecule has 0 radical (unpaired) electrons. The summed E-state index contributed by atoms with van der Waals surface area (Å²) in [5.74, 6) is 0.294. The van der Waals surface area contributed by atoms with E-state index >= 15 is 0 Å². The molecule has 0 atom stereocenters. The Hall–Kier alpha value is -1.95. The molecule has 0 bridgehead atoms. The zero-order valence-corrected chi connectivity index (χ0v) is 10.9. The minimum absolute atomic E-state index is 0.00771. The number of hydrogen-bond donors (Lipinski definition) is 1. The fraction of sp³-hybridized carbons (Fsp3) is 0.154. The molecule has 3 nitrogen and oxygen atoms in total. The maximum atomic E-state index is 12.9. The van der Waals surface area contributed by atoms with Gasteiger partial charge in [0.05, 0.1) is 16.8 Å². The van der Waals surface area contributed by atoms with Gasteiger partial charge in [-0.05, 0) is 12.1 Å². The van der Waals surface area contributed by atoms with E-state index in [1.807, 2.05) is 0 Å². The quantitative estimate of drug-likeness (QED) is 0.874. The fourth-order valence-electron chi connectivity index (χ4n) is 1.62. The number of nitrogens with two attached hydrogens (primary N) is 1. The minimum atomic E-state index is -4.49. The minimum Gasteiger partial charge on any atom is -0.487 e. The first-order valence-electron chi connectivity index (χ1n) is 5.55. The van der Waals surface area contributed by atoms with Crippen LogP contribution in [0.4, 0.5) is 18.9 Å². The van der Waals surface area contributed by atoms with Crippen LogP contribution in [0.1, 0.15) is 11.1 Å². The van der Waals surface area contributed by atoms with Crippen LogP contribution < -0.4 is 10.5 Å². The van der Waals surface area contributed by atoms with Crippen LogP contribution in [0.3, 0.4) is 0 Å². The van der Waals surface area contributed by atoms with Crippen LogP contribution in [0.5, 0.6) is 5.75 Å². The molecule has 0 saturated carbocycles. The molecule has 2 rings (SSSR count). The Balaban J connectivity index is 2.21. The number of halogens is 4. The van der Waals surface area contributed by atoms with Crippen molar-refractivity contribution in [3.05, 3.63) is 52.8 Å². The Morgan fingerprint density at radius 3 is 2.60 bits per heavy atom. The topological polar surface area (TPSA) is 48.1 Å². The average Bonchev–Trinajstić information content (AvgIpc) is 2.36. The third-order valence-electron chi connectivity index (χ3n) is 2.51. The van der Waals surface area contributed by atoms with Gasteiger partial charge in [-0.1, -0.05) is 17.7 Å². The highest BCUT2D eigenvalue weighted by Crippen LogP contribution is 2.33. The number of alkyl halides is 3. The molecule has 2 N–H and O–H groups in total. The van der Waals surface area contributed by atoms with E-state index in [2.05, 4.69) is 4.98 Å². The maximum Gasteiger partial charge on any atom is 0.416 e. The molecule has 106 valence electrons. The Morgan fingerprint density at radius 2 is 1.95 bits per heavy atom. The van der Waals surface area contributed by atoms with Crippen LogP contribution in [0.25, 0.3) is 0 Å². The first-order chi connectivity index (χ1) is 9.36. The predicted octanol–water partition coefficient (Wildman–Crippen LogP) is 3.92. The van der Waals surface area contributed by atoms with Gasteiger partial charge in [0.25, 0.3) is 0 Å². The zero-order valence-electron chi connectivity index (χ0n) is 10.1. The molecule has 0 fully saturated rings. The largest absolute Gasteiger partial charge is 0.487 e. The number of nitrogen functional groups attached to an aromatic ring is 1. The third-order valence-corrected chi connectivity index (χ3v) is 2.72. The second-order valence-corrected chi connectivity index (χ2v) is 4.48. The molecule has 7 heteroatoms. The first kappa shape index (κ1) is 14.5. The highest BCUT2D eigenvalue weighted by Gasteiger charge is 2.33. The van der Waals surface area contributed by atoms with Crippen molar-refractivity contribution in [2.45, 2.75) is 12.8 Å². The summed E-state index contributed by atoms with van der Waals surface area (Å²) in [6.07, 6.45) is -1.71. The monoisotopic (exact) mass is 302 g/mol. The highest BCUT2D eigenvalue weighted by molar-refractivity contribution is 6.30. The van der Waals surface area contributed by atoms with Gasteiger partial charge in [0.1, 0.15) is 12.4 Å². The van der Waals surface area contributed by atoms with Crippen molar-refractivity contribution in [3.8, 4) is 5.75 Å². The molecule has 1 heterocycles. The summed E-state index contributed by atoms with van der Waals surface area (Å²) >= 11 is 5.71. The summed E-state index contributed by atoms with van der Waals surface area (Å²) in [5, 5.41) is 0.343. The second kappa shape index (κ2) is 5.58. The number of aromatic nitrogens is 1. The molecule has 0 aliphatic carbocycles. The smallest absolute Gasteiger partial charge is 0.416 e. The molecular formula is C13H10ClF3N2O. The molecule has 0 aliphatic heterocycles. The van der Waals surface area contributed by atoms with Gasteiger partial charge in [0.2, 0.25) is 0 Å². The molecule has 1 aromatic carbocycles. The lowest BCUT2D eigenvalue weighted by Gasteiger charge is -2.14. The van der Waals surface area contributed by atoms with Crippen LogP contribution >= 0.6 is 11.6 Å². The summed E-state index contributed by atoms with van der Waals surface area (Å²) in [7, 11) is 0. The van der Waals surface area contributed by atoms with Gasteiger partial charge in [0.15, 0.2) is 0 Å². The van der Waals surface area contributed by atoms with E-state index in [4.69, 9.17) is 22.1 Å². The van der Waals surface area contributed by atoms with E-state index in [9.17, 15) is 13.2 Å². The van der Waals surface area contributed by atoms with Crippen LogP contribution in [-0.2, 0) is 12.8 Å². The molecule has 0 spiro atoms. The van der Waals surface area contributed by atoms with Gasteiger partial charge >= 0.3 is 6.18 Å². The van der Waals surface area contributed by atoms with Crippen molar-refractivity contribution in [3.63, 3.8) is 0 Å². The molecule has 0 aliphatic rings. The lowest BCUT2D eigenvalue weighted by atomic mass is 10.1. The van der Waals surface area contributed by atoms with Crippen molar-refractivity contribution < 1.29 is 17.9 Å². The van der Waals surface area contributed by atoms with Gasteiger partial charge in [-0.15, -0.1) is 0 Å². The van der Waals surface area contributed by atoms with Gasteiger partial charge in [-0.25, -0.2) is 0 Å². The van der Waals surface area contributed by atoms with E-state index in [1.165, 1.54) is 30.6 Å². The molecule has 2 aromatic rings. The van der Waals surface area contributed by atoms with Crippen molar-refractivity contribution in [2.75, 3.05) is 5.73 Å². The van der Waals surface area contributed by atoms with Crippen molar-refractivity contribution in [2.24, 2.45) is 0 Å². The van der Waals surface area contributed by atoms with Gasteiger partial charge in [0, 0.05) is 23.5 Å². The zero-order chi connectivity index (χ0) is 14.8.